The highest BCUT2D eigenvalue weighted by molar-refractivity contribution is 5.40. The molecule has 1 aromatic rings. The van der Waals surface area contributed by atoms with Crippen molar-refractivity contribution in [3.63, 3.8) is 0 Å². The van der Waals surface area contributed by atoms with Crippen LogP contribution in [0.3, 0.4) is 0 Å². The van der Waals surface area contributed by atoms with E-state index in [1.165, 1.54) is 12.8 Å². The van der Waals surface area contributed by atoms with Crippen LogP contribution < -0.4 is 4.74 Å². The van der Waals surface area contributed by atoms with Gasteiger partial charge in [0, 0.05) is 12.1 Å². The number of aliphatic hydroxyl groups excluding tert-OH is 1. The van der Waals surface area contributed by atoms with Crippen LogP contribution in [-0.2, 0) is 13.2 Å². The summed E-state index contributed by atoms with van der Waals surface area (Å²) in [5, 5.41) is 9.34. The molecule has 1 N–H and O–H groups in total. The fourth-order valence-electron chi connectivity index (χ4n) is 2.29. The number of benzene rings is 1. The van der Waals surface area contributed by atoms with Crippen molar-refractivity contribution in [1.29, 1.82) is 0 Å². The zero-order valence-electron chi connectivity index (χ0n) is 9.78. The molecule has 1 aliphatic heterocycles. The third-order valence-electron chi connectivity index (χ3n) is 3.20. The summed E-state index contributed by atoms with van der Waals surface area (Å²) in [7, 11) is 1.68. The minimum absolute atomic E-state index is 0.0837. The molecule has 0 radical (unpaired) electrons. The molecule has 1 aliphatic rings. The van der Waals surface area contributed by atoms with Crippen molar-refractivity contribution in [1.82, 2.24) is 4.90 Å². The van der Waals surface area contributed by atoms with Gasteiger partial charge in [0.1, 0.15) is 5.75 Å². The number of rotatable bonds is 4. The molecule has 3 heteroatoms. The lowest BCUT2D eigenvalue weighted by atomic mass is 10.1. The Hall–Kier alpha value is -1.06. The van der Waals surface area contributed by atoms with Gasteiger partial charge < -0.3 is 9.84 Å². The van der Waals surface area contributed by atoms with Crippen molar-refractivity contribution >= 4 is 0 Å². The number of hydrogen-bond acceptors (Lipinski definition) is 3. The summed E-state index contributed by atoms with van der Waals surface area (Å²) in [6.45, 7) is 3.28. The monoisotopic (exact) mass is 221 g/mol. The van der Waals surface area contributed by atoms with Crippen molar-refractivity contribution in [3.05, 3.63) is 29.3 Å². The summed E-state index contributed by atoms with van der Waals surface area (Å²) < 4.78 is 5.36. The second kappa shape index (κ2) is 5.32. The van der Waals surface area contributed by atoms with E-state index in [2.05, 4.69) is 4.90 Å². The van der Waals surface area contributed by atoms with Gasteiger partial charge >= 0.3 is 0 Å². The summed E-state index contributed by atoms with van der Waals surface area (Å²) in [6, 6.07) is 5.86. The molecule has 1 heterocycles. The minimum Gasteiger partial charge on any atom is -0.496 e. The quantitative estimate of drug-likeness (QED) is 0.841. The zero-order valence-corrected chi connectivity index (χ0v) is 9.78. The molecule has 2 rings (SSSR count). The molecule has 16 heavy (non-hydrogen) atoms. The Morgan fingerprint density at radius 1 is 1.31 bits per heavy atom. The summed E-state index contributed by atoms with van der Waals surface area (Å²) in [5.74, 6) is 0.887. The lowest BCUT2D eigenvalue weighted by Gasteiger charge is -2.19. The molecule has 0 unspecified atom stereocenters. The van der Waals surface area contributed by atoms with E-state index in [0.717, 1.165) is 36.5 Å². The van der Waals surface area contributed by atoms with Crippen LogP contribution >= 0.6 is 0 Å². The first-order chi connectivity index (χ1) is 7.85. The van der Waals surface area contributed by atoms with Gasteiger partial charge in [0.2, 0.25) is 0 Å². The average Bonchev–Trinajstić information content (AvgIpc) is 2.82. The average molecular weight is 221 g/mol. The van der Waals surface area contributed by atoms with Crippen molar-refractivity contribution in [3.8, 4) is 5.75 Å². The first-order valence-corrected chi connectivity index (χ1v) is 5.83. The Bertz CT molecular complexity index is 324. The molecule has 1 aromatic carbocycles. The zero-order chi connectivity index (χ0) is 11.4. The highest BCUT2D eigenvalue weighted by Gasteiger charge is 2.16. The van der Waals surface area contributed by atoms with Gasteiger partial charge in [-0.05, 0) is 37.6 Å². The predicted molar refractivity (Wildman–Crippen MR) is 63.4 cm³/mol. The van der Waals surface area contributed by atoms with Crippen LogP contribution in [0.1, 0.15) is 24.0 Å². The summed E-state index contributed by atoms with van der Waals surface area (Å²) in [6.07, 6.45) is 2.56. The van der Waals surface area contributed by atoms with Crippen LogP contribution in [0, 0.1) is 0 Å². The van der Waals surface area contributed by atoms with Crippen molar-refractivity contribution in [2.45, 2.75) is 26.0 Å². The number of hydrogen-bond donors (Lipinski definition) is 1. The normalized spacial score (nSPS) is 16.6. The van der Waals surface area contributed by atoms with Crippen LogP contribution in [0.5, 0.6) is 5.75 Å². The Labute approximate surface area is 96.6 Å². The van der Waals surface area contributed by atoms with Crippen molar-refractivity contribution < 1.29 is 9.84 Å². The smallest absolute Gasteiger partial charge is 0.123 e. The molecule has 88 valence electrons. The van der Waals surface area contributed by atoms with Gasteiger partial charge in [-0.3, -0.25) is 4.90 Å². The van der Waals surface area contributed by atoms with Gasteiger partial charge in [0.15, 0.2) is 0 Å². The van der Waals surface area contributed by atoms with E-state index in [1.807, 2.05) is 18.2 Å². The molecule has 0 spiro atoms. The molecule has 0 aliphatic carbocycles. The number of ether oxygens (including phenoxy) is 1. The third kappa shape index (κ3) is 2.36. The second-order valence-electron chi connectivity index (χ2n) is 4.24. The predicted octanol–water partition coefficient (Wildman–Crippen LogP) is 1.78. The Morgan fingerprint density at radius 2 is 2.06 bits per heavy atom. The van der Waals surface area contributed by atoms with E-state index in [4.69, 9.17) is 4.74 Å². The Morgan fingerprint density at radius 3 is 2.69 bits per heavy atom. The minimum atomic E-state index is 0.0837. The number of aliphatic hydroxyl groups is 1. The molecular formula is C13H19NO2. The van der Waals surface area contributed by atoms with E-state index in [9.17, 15) is 5.11 Å². The fourth-order valence-corrected chi connectivity index (χ4v) is 2.29. The summed E-state index contributed by atoms with van der Waals surface area (Å²) in [5.41, 5.74) is 2.11. The molecule has 0 saturated carbocycles. The molecule has 1 saturated heterocycles. The largest absolute Gasteiger partial charge is 0.496 e. The molecule has 1 fully saturated rings. The van der Waals surface area contributed by atoms with Crippen LogP contribution in [0.4, 0.5) is 0 Å². The maximum Gasteiger partial charge on any atom is 0.123 e. The number of nitrogens with zero attached hydrogens (tertiary/aromatic N) is 1. The second-order valence-corrected chi connectivity index (χ2v) is 4.24. The molecule has 0 bridgehead atoms. The molecule has 0 amide bonds. The number of methoxy groups -OCH3 is 1. The van der Waals surface area contributed by atoms with Gasteiger partial charge in [-0.25, -0.2) is 0 Å². The molecule has 0 aromatic heterocycles. The van der Waals surface area contributed by atoms with Gasteiger partial charge in [-0.1, -0.05) is 12.1 Å². The van der Waals surface area contributed by atoms with Crippen LogP contribution in [-0.4, -0.2) is 30.2 Å². The van der Waals surface area contributed by atoms with Crippen molar-refractivity contribution in [2.75, 3.05) is 20.2 Å². The lowest BCUT2D eigenvalue weighted by molar-refractivity contribution is 0.272. The fraction of sp³-hybridized carbons (Fsp3) is 0.538. The van der Waals surface area contributed by atoms with E-state index in [-0.39, 0.29) is 6.61 Å². The Kier molecular flexibility index (Phi) is 3.80. The third-order valence-corrected chi connectivity index (χ3v) is 3.20. The standard InChI is InChI=1S/C13H19NO2/c1-16-13-6-4-5-11(10-15)12(13)9-14-7-2-3-8-14/h4-6,15H,2-3,7-10H2,1H3. The van der Waals surface area contributed by atoms with E-state index in [0.29, 0.717) is 0 Å². The van der Waals surface area contributed by atoms with Crippen LogP contribution in [0.2, 0.25) is 0 Å². The maximum atomic E-state index is 9.34. The molecule has 3 nitrogen and oxygen atoms in total. The van der Waals surface area contributed by atoms with E-state index >= 15 is 0 Å². The van der Waals surface area contributed by atoms with Gasteiger partial charge in [-0.15, -0.1) is 0 Å². The van der Waals surface area contributed by atoms with Crippen LogP contribution in [0.15, 0.2) is 18.2 Å². The highest BCUT2D eigenvalue weighted by atomic mass is 16.5. The van der Waals surface area contributed by atoms with Gasteiger partial charge in [0.25, 0.3) is 0 Å². The maximum absolute atomic E-state index is 9.34. The lowest BCUT2D eigenvalue weighted by Crippen LogP contribution is -2.19. The van der Waals surface area contributed by atoms with Crippen LogP contribution in [0.25, 0.3) is 0 Å². The Balaban J connectivity index is 2.21. The first-order valence-electron chi connectivity index (χ1n) is 5.83. The number of likely N-dealkylation sites (tertiary alicyclic amines) is 1. The van der Waals surface area contributed by atoms with E-state index < -0.39 is 0 Å². The van der Waals surface area contributed by atoms with Gasteiger partial charge in [0.05, 0.1) is 13.7 Å². The first kappa shape index (κ1) is 11.4. The topological polar surface area (TPSA) is 32.7 Å². The molecule has 0 atom stereocenters. The van der Waals surface area contributed by atoms with E-state index in [1.54, 1.807) is 7.11 Å². The molecular weight excluding hydrogens is 202 g/mol. The highest BCUT2D eigenvalue weighted by Crippen LogP contribution is 2.25. The van der Waals surface area contributed by atoms with Gasteiger partial charge in [-0.2, -0.15) is 0 Å². The summed E-state index contributed by atoms with van der Waals surface area (Å²) in [4.78, 5) is 2.41. The van der Waals surface area contributed by atoms with Crippen molar-refractivity contribution in [2.24, 2.45) is 0 Å². The SMILES string of the molecule is COc1cccc(CO)c1CN1CCCC1. The summed E-state index contributed by atoms with van der Waals surface area (Å²) >= 11 is 0.